The zero-order valence-electron chi connectivity index (χ0n) is 18.5. The molecule has 0 atom stereocenters. The fourth-order valence-corrected chi connectivity index (χ4v) is 4.18. The summed E-state index contributed by atoms with van der Waals surface area (Å²) in [5.41, 5.74) is 4.41. The third-order valence-corrected chi connectivity index (χ3v) is 6.03. The molecular formula is C26H24N4O2S. The highest BCUT2D eigenvalue weighted by atomic mass is 32.2. The fraction of sp³-hybridized carbons (Fsp3) is 0.154. The topological polar surface area (TPSA) is 76.9 Å². The number of aryl methyl sites for hydroxylation is 1. The predicted molar refractivity (Wildman–Crippen MR) is 132 cm³/mol. The van der Waals surface area contributed by atoms with Crippen molar-refractivity contribution < 1.29 is 9.59 Å². The van der Waals surface area contributed by atoms with Gasteiger partial charge in [-0.05, 0) is 37.6 Å². The monoisotopic (exact) mass is 456 g/mol. The Hall–Kier alpha value is -3.71. The van der Waals surface area contributed by atoms with E-state index in [1.807, 2.05) is 47.9 Å². The Kier molecular flexibility index (Phi) is 7.00. The lowest BCUT2D eigenvalue weighted by Gasteiger charge is -2.11. The number of nitrogens with one attached hydrogen (secondary N) is 1. The predicted octanol–water partition coefficient (Wildman–Crippen LogP) is 5.24. The summed E-state index contributed by atoms with van der Waals surface area (Å²) in [5.74, 6) is 0.718. The van der Waals surface area contributed by atoms with Gasteiger partial charge in [0.15, 0.2) is 16.8 Å². The van der Waals surface area contributed by atoms with Crippen LogP contribution in [0.25, 0.3) is 11.4 Å². The molecule has 0 unspecified atom stereocenters. The van der Waals surface area contributed by atoms with Gasteiger partial charge in [-0.25, -0.2) is 0 Å². The van der Waals surface area contributed by atoms with Crippen molar-refractivity contribution in [2.75, 3.05) is 11.1 Å². The molecule has 0 fully saturated rings. The number of benzene rings is 3. The number of thioether (sulfide) groups is 1. The molecule has 1 N–H and O–H groups in total. The molecule has 0 aliphatic rings. The first-order valence-electron chi connectivity index (χ1n) is 10.6. The van der Waals surface area contributed by atoms with Crippen molar-refractivity contribution in [1.29, 1.82) is 0 Å². The lowest BCUT2D eigenvalue weighted by Crippen LogP contribution is -2.15. The molecule has 1 aromatic heterocycles. The standard InChI is InChI=1S/C26H24N4O2S/c1-18-8-6-12-22(14-18)25-28-29-26(30(25)16-20-9-4-3-5-10-20)33-17-24(32)27-23-13-7-11-21(15-23)19(2)31/h3-15H,16-17H2,1-2H3,(H,27,32). The molecule has 0 aliphatic heterocycles. The van der Waals surface area contributed by atoms with Crippen molar-refractivity contribution in [2.45, 2.75) is 25.5 Å². The third-order valence-electron chi connectivity index (χ3n) is 5.06. The summed E-state index contributed by atoms with van der Waals surface area (Å²) >= 11 is 1.33. The van der Waals surface area contributed by atoms with E-state index in [1.165, 1.54) is 18.7 Å². The van der Waals surface area contributed by atoms with Crippen LogP contribution in [0, 0.1) is 6.92 Å². The summed E-state index contributed by atoms with van der Waals surface area (Å²) in [6.07, 6.45) is 0. The summed E-state index contributed by atoms with van der Waals surface area (Å²) in [5, 5.41) is 12.3. The SMILES string of the molecule is CC(=O)c1cccc(NC(=O)CSc2nnc(-c3cccc(C)c3)n2Cc2ccccc2)c1. The fourth-order valence-electron chi connectivity index (χ4n) is 3.44. The molecule has 0 aliphatic carbocycles. The lowest BCUT2D eigenvalue weighted by molar-refractivity contribution is -0.113. The Balaban J connectivity index is 1.54. The largest absolute Gasteiger partial charge is 0.325 e. The van der Waals surface area contributed by atoms with Gasteiger partial charge in [0.05, 0.1) is 12.3 Å². The van der Waals surface area contributed by atoms with Crippen molar-refractivity contribution in [2.24, 2.45) is 0 Å². The molecule has 33 heavy (non-hydrogen) atoms. The first-order valence-corrected chi connectivity index (χ1v) is 11.6. The molecule has 7 heteroatoms. The van der Waals surface area contributed by atoms with Crippen LogP contribution in [0.3, 0.4) is 0 Å². The first-order chi connectivity index (χ1) is 16.0. The van der Waals surface area contributed by atoms with E-state index in [0.29, 0.717) is 23.0 Å². The summed E-state index contributed by atoms with van der Waals surface area (Å²) in [6.45, 7) is 4.15. The molecule has 4 aromatic rings. The highest BCUT2D eigenvalue weighted by molar-refractivity contribution is 7.99. The quantitative estimate of drug-likeness (QED) is 0.290. The number of anilines is 1. The second-order valence-corrected chi connectivity index (χ2v) is 8.66. The highest BCUT2D eigenvalue weighted by Crippen LogP contribution is 2.26. The molecule has 0 radical (unpaired) electrons. The van der Waals surface area contributed by atoms with E-state index < -0.39 is 0 Å². The van der Waals surface area contributed by atoms with Gasteiger partial charge in [-0.2, -0.15) is 0 Å². The smallest absolute Gasteiger partial charge is 0.234 e. The first kappa shape index (κ1) is 22.5. The Morgan fingerprint density at radius 2 is 1.73 bits per heavy atom. The molecule has 3 aromatic carbocycles. The van der Waals surface area contributed by atoms with E-state index in [1.54, 1.807) is 24.3 Å². The molecule has 4 rings (SSSR count). The number of aromatic nitrogens is 3. The maximum Gasteiger partial charge on any atom is 0.234 e. The summed E-state index contributed by atoms with van der Waals surface area (Å²) in [7, 11) is 0. The second kappa shape index (κ2) is 10.3. The lowest BCUT2D eigenvalue weighted by atomic mass is 10.1. The molecule has 6 nitrogen and oxygen atoms in total. The summed E-state index contributed by atoms with van der Waals surface area (Å²) in [6, 6.07) is 25.2. The highest BCUT2D eigenvalue weighted by Gasteiger charge is 2.16. The van der Waals surface area contributed by atoms with Gasteiger partial charge < -0.3 is 5.32 Å². The van der Waals surface area contributed by atoms with E-state index in [-0.39, 0.29) is 17.4 Å². The zero-order valence-corrected chi connectivity index (χ0v) is 19.3. The Morgan fingerprint density at radius 1 is 0.939 bits per heavy atom. The number of carbonyl (C=O) groups is 2. The Bertz CT molecular complexity index is 1280. The van der Waals surface area contributed by atoms with Gasteiger partial charge in [-0.1, -0.05) is 78.0 Å². The van der Waals surface area contributed by atoms with Crippen molar-refractivity contribution in [3.8, 4) is 11.4 Å². The van der Waals surface area contributed by atoms with Crippen LogP contribution in [0.1, 0.15) is 28.4 Å². The van der Waals surface area contributed by atoms with Crippen molar-refractivity contribution in [3.63, 3.8) is 0 Å². The summed E-state index contributed by atoms with van der Waals surface area (Å²) < 4.78 is 2.04. The van der Waals surface area contributed by atoms with Crippen LogP contribution in [0.15, 0.2) is 84.0 Å². The maximum absolute atomic E-state index is 12.6. The molecular weight excluding hydrogens is 432 g/mol. The van der Waals surface area contributed by atoms with Crippen LogP contribution in [0.4, 0.5) is 5.69 Å². The third kappa shape index (κ3) is 5.75. The van der Waals surface area contributed by atoms with Gasteiger partial charge in [-0.15, -0.1) is 10.2 Å². The molecule has 0 saturated carbocycles. The van der Waals surface area contributed by atoms with Crippen LogP contribution >= 0.6 is 11.8 Å². The minimum absolute atomic E-state index is 0.0434. The van der Waals surface area contributed by atoms with Gasteiger partial charge in [0.1, 0.15) is 0 Å². The van der Waals surface area contributed by atoms with Crippen molar-refractivity contribution in [1.82, 2.24) is 14.8 Å². The Labute approximate surface area is 197 Å². The molecule has 1 heterocycles. The van der Waals surface area contributed by atoms with Crippen molar-refractivity contribution >= 4 is 29.1 Å². The zero-order chi connectivity index (χ0) is 23.2. The number of nitrogens with zero attached hydrogens (tertiary/aromatic N) is 3. The minimum Gasteiger partial charge on any atom is -0.325 e. The average Bonchev–Trinajstić information content (AvgIpc) is 3.21. The molecule has 166 valence electrons. The number of ketones is 1. The molecule has 1 amide bonds. The van der Waals surface area contributed by atoms with Crippen LogP contribution in [0.2, 0.25) is 0 Å². The number of Topliss-reactive ketones (excluding diaryl/α,β-unsaturated/α-hetero) is 1. The van der Waals surface area contributed by atoms with Crippen molar-refractivity contribution in [3.05, 3.63) is 95.6 Å². The number of carbonyl (C=O) groups excluding carboxylic acids is 2. The molecule has 0 spiro atoms. The van der Waals surface area contributed by atoms with Gasteiger partial charge in [-0.3, -0.25) is 14.2 Å². The number of rotatable bonds is 8. The van der Waals surface area contributed by atoms with Gasteiger partial charge >= 0.3 is 0 Å². The maximum atomic E-state index is 12.6. The minimum atomic E-state index is -0.174. The normalized spacial score (nSPS) is 10.7. The molecule has 0 bridgehead atoms. The van der Waals surface area contributed by atoms with E-state index in [2.05, 4.69) is 33.7 Å². The van der Waals surface area contributed by atoms with Gasteiger partial charge in [0.25, 0.3) is 0 Å². The second-order valence-electron chi connectivity index (χ2n) is 7.72. The van der Waals surface area contributed by atoms with Crippen LogP contribution in [0.5, 0.6) is 0 Å². The number of amides is 1. The van der Waals surface area contributed by atoms with Gasteiger partial charge in [0, 0.05) is 16.8 Å². The van der Waals surface area contributed by atoms with E-state index in [9.17, 15) is 9.59 Å². The Morgan fingerprint density at radius 3 is 2.48 bits per heavy atom. The molecule has 0 saturated heterocycles. The number of hydrogen-bond acceptors (Lipinski definition) is 5. The van der Waals surface area contributed by atoms with E-state index in [4.69, 9.17) is 0 Å². The average molecular weight is 457 g/mol. The number of hydrogen-bond donors (Lipinski definition) is 1. The van der Waals surface area contributed by atoms with Crippen LogP contribution < -0.4 is 5.32 Å². The van der Waals surface area contributed by atoms with Crippen LogP contribution in [-0.2, 0) is 11.3 Å². The van der Waals surface area contributed by atoms with Gasteiger partial charge in [0.2, 0.25) is 5.91 Å². The van der Waals surface area contributed by atoms with E-state index in [0.717, 1.165) is 22.5 Å². The van der Waals surface area contributed by atoms with Crippen LogP contribution in [-0.4, -0.2) is 32.2 Å². The summed E-state index contributed by atoms with van der Waals surface area (Å²) in [4.78, 5) is 24.2. The van der Waals surface area contributed by atoms with E-state index >= 15 is 0 Å².